The molecule has 1 heterocycles. The van der Waals surface area contributed by atoms with Gasteiger partial charge in [0.25, 0.3) is 11.8 Å². The summed E-state index contributed by atoms with van der Waals surface area (Å²) in [5, 5.41) is 5.37. The fourth-order valence-electron chi connectivity index (χ4n) is 2.57. The Morgan fingerprint density at radius 3 is 2.19 bits per heavy atom. The van der Waals surface area contributed by atoms with Crippen LogP contribution < -0.4 is 15.4 Å². The van der Waals surface area contributed by atoms with Gasteiger partial charge in [-0.05, 0) is 54.6 Å². The Bertz CT molecular complexity index is 916. The standard InChI is InChI=1S/C20H19N3O3/c1-21-19(24)15-7-10-17(18(13-15)26-2)22-20(25)14-5-8-16(9-6-14)23-11-3-4-12-23/h3-13H,1-2H3,(H,21,24)(H,22,25). The molecule has 0 spiro atoms. The SMILES string of the molecule is CNC(=O)c1ccc(NC(=O)c2ccc(-n3cccc3)cc2)c(OC)c1. The van der Waals surface area contributed by atoms with Gasteiger partial charge in [0, 0.05) is 36.3 Å². The molecule has 0 unspecified atom stereocenters. The summed E-state index contributed by atoms with van der Waals surface area (Å²) in [6, 6.07) is 16.0. The van der Waals surface area contributed by atoms with Crippen molar-refractivity contribution in [1.82, 2.24) is 9.88 Å². The third-order valence-electron chi connectivity index (χ3n) is 3.97. The topological polar surface area (TPSA) is 72.4 Å². The molecule has 2 amide bonds. The summed E-state index contributed by atoms with van der Waals surface area (Å²) < 4.78 is 7.25. The molecule has 0 radical (unpaired) electrons. The Morgan fingerprint density at radius 2 is 1.58 bits per heavy atom. The molecule has 0 saturated carbocycles. The van der Waals surface area contributed by atoms with Crippen molar-refractivity contribution in [2.24, 2.45) is 0 Å². The van der Waals surface area contributed by atoms with Gasteiger partial charge in [0.1, 0.15) is 5.75 Å². The van der Waals surface area contributed by atoms with E-state index in [1.165, 1.54) is 7.11 Å². The maximum absolute atomic E-state index is 12.5. The van der Waals surface area contributed by atoms with Gasteiger partial charge in [0.2, 0.25) is 0 Å². The molecule has 2 N–H and O–H groups in total. The first-order valence-corrected chi connectivity index (χ1v) is 8.07. The van der Waals surface area contributed by atoms with Gasteiger partial charge >= 0.3 is 0 Å². The van der Waals surface area contributed by atoms with E-state index >= 15 is 0 Å². The molecule has 2 aromatic carbocycles. The predicted molar refractivity (Wildman–Crippen MR) is 100 cm³/mol. The molecule has 0 aliphatic heterocycles. The predicted octanol–water partition coefficient (Wildman–Crippen LogP) is 3.10. The summed E-state index contributed by atoms with van der Waals surface area (Å²) in [5.41, 5.74) is 2.45. The van der Waals surface area contributed by atoms with Crippen molar-refractivity contribution in [3.63, 3.8) is 0 Å². The number of nitrogens with one attached hydrogen (secondary N) is 2. The molecule has 0 aliphatic rings. The number of benzene rings is 2. The van der Waals surface area contributed by atoms with Crippen LogP contribution in [0.15, 0.2) is 67.0 Å². The second-order valence-electron chi connectivity index (χ2n) is 5.59. The van der Waals surface area contributed by atoms with Crippen LogP contribution in [0.25, 0.3) is 5.69 Å². The van der Waals surface area contributed by atoms with Crippen LogP contribution in [0.5, 0.6) is 5.75 Å². The van der Waals surface area contributed by atoms with Crippen molar-refractivity contribution in [2.45, 2.75) is 0 Å². The molecule has 6 heteroatoms. The smallest absolute Gasteiger partial charge is 0.255 e. The number of amides is 2. The molecule has 26 heavy (non-hydrogen) atoms. The molecule has 0 aliphatic carbocycles. The summed E-state index contributed by atoms with van der Waals surface area (Å²) in [6.07, 6.45) is 3.88. The molecular weight excluding hydrogens is 330 g/mol. The average molecular weight is 349 g/mol. The fraction of sp³-hybridized carbons (Fsp3) is 0.100. The summed E-state index contributed by atoms with van der Waals surface area (Å²) in [5.74, 6) is -0.0553. The van der Waals surface area contributed by atoms with Gasteiger partial charge in [0.15, 0.2) is 0 Å². The molecule has 132 valence electrons. The van der Waals surface area contributed by atoms with Gasteiger partial charge in [-0.2, -0.15) is 0 Å². The van der Waals surface area contributed by atoms with E-state index in [-0.39, 0.29) is 11.8 Å². The third-order valence-corrected chi connectivity index (χ3v) is 3.97. The highest BCUT2D eigenvalue weighted by atomic mass is 16.5. The van der Waals surface area contributed by atoms with Crippen molar-refractivity contribution in [1.29, 1.82) is 0 Å². The molecule has 1 aromatic heterocycles. The van der Waals surface area contributed by atoms with Crippen LogP contribution in [0, 0.1) is 0 Å². The van der Waals surface area contributed by atoms with Crippen molar-refractivity contribution >= 4 is 17.5 Å². The molecule has 0 saturated heterocycles. The zero-order valence-corrected chi connectivity index (χ0v) is 14.5. The van der Waals surface area contributed by atoms with E-state index in [1.807, 2.05) is 41.2 Å². The number of hydrogen-bond acceptors (Lipinski definition) is 3. The summed E-state index contributed by atoms with van der Waals surface area (Å²) >= 11 is 0. The number of nitrogens with zero attached hydrogens (tertiary/aromatic N) is 1. The van der Waals surface area contributed by atoms with Crippen LogP contribution in [0.3, 0.4) is 0 Å². The molecular formula is C20H19N3O3. The lowest BCUT2D eigenvalue weighted by Gasteiger charge is -2.12. The van der Waals surface area contributed by atoms with Gasteiger partial charge in [0.05, 0.1) is 12.8 Å². The zero-order chi connectivity index (χ0) is 18.5. The monoisotopic (exact) mass is 349 g/mol. The Labute approximate surface area is 151 Å². The highest BCUT2D eigenvalue weighted by Crippen LogP contribution is 2.26. The fourth-order valence-corrected chi connectivity index (χ4v) is 2.57. The second kappa shape index (κ2) is 7.57. The Balaban J connectivity index is 1.78. The lowest BCUT2D eigenvalue weighted by molar-refractivity contribution is 0.0962. The number of carbonyl (C=O) groups excluding carboxylic acids is 2. The van der Waals surface area contributed by atoms with Gasteiger partial charge in [-0.1, -0.05) is 0 Å². The minimum Gasteiger partial charge on any atom is -0.495 e. The van der Waals surface area contributed by atoms with Crippen LogP contribution in [0.2, 0.25) is 0 Å². The van der Waals surface area contributed by atoms with Crippen molar-refractivity contribution in [3.8, 4) is 11.4 Å². The highest BCUT2D eigenvalue weighted by Gasteiger charge is 2.13. The molecule has 3 rings (SSSR count). The first-order valence-electron chi connectivity index (χ1n) is 8.07. The quantitative estimate of drug-likeness (QED) is 0.743. The van der Waals surface area contributed by atoms with Crippen molar-refractivity contribution in [3.05, 3.63) is 78.1 Å². The molecule has 6 nitrogen and oxygen atoms in total. The minimum absolute atomic E-state index is 0.221. The van der Waals surface area contributed by atoms with E-state index in [2.05, 4.69) is 10.6 Å². The summed E-state index contributed by atoms with van der Waals surface area (Å²) in [7, 11) is 3.05. The number of ether oxygens (including phenoxy) is 1. The molecule has 0 bridgehead atoms. The summed E-state index contributed by atoms with van der Waals surface area (Å²) in [6.45, 7) is 0. The van der Waals surface area contributed by atoms with Gasteiger partial charge < -0.3 is 19.9 Å². The first kappa shape index (κ1) is 17.3. The number of anilines is 1. The number of methoxy groups -OCH3 is 1. The van der Waals surface area contributed by atoms with Crippen LogP contribution in [0.1, 0.15) is 20.7 Å². The highest BCUT2D eigenvalue weighted by molar-refractivity contribution is 6.05. The Hall–Kier alpha value is -3.54. The van der Waals surface area contributed by atoms with Gasteiger partial charge in [-0.3, -0.25) is 9.59 Å². The normalized spacial score (nSPS) is 10.2. The van der Waals surface area contributed by atoms with Crippen LogP contribution in [-0.4, -0.2) is 30.5 Å². The maximum Gasteiger partial charge on any atom is 0.255 e. The molecule has 0 atom stereocenters. The number of hydrogen-bond donors (Lipinski definition) is 2. The van der Waals surface area contributed by atoms with E-state index in [0.29, 0.717) is 22.6 Å². The van der Waals surface area contributed by atoms with Crippen molar-refractivity contribution < 1.29 is 14.3 Å². The first-order chi connectivity index (χ1) is 12.6. The Kier molecular flexibility index (Phi) is 5.03. The lowest BCUT2D eigenvalue weighted by Crippen LogP contribution is -2.18. The van der Waals surface area contributed by atoms with E-state index in [1.54, 1.807) is 37.4 Å². The zero-order valence-electron chi connectivity index (χ0n) is 14.5. The van der Waals surface area contributed by atoms with Gasteiger partial charge in [-0.15, -0.1) is 0 Å². The largest absolute Gasteiger partial charge is 0.495 e. The van der Waals surface area contributed by atoms with E-state index in [9.17, 15) is 9.59 Å². The van der Waals surface area contributed by atoms with E-state index in [0.717, 1.165) is 5.69 Å². The van der Waals surface area contributed by atoms with Gasteiger partial charge in [-0.25, -0.2) is 0 Å². The second-order valence-corrected chi connectivity index (χ2v) is 5.59. The third kappa shape index (κ3) is 3.59. The lowest BCUT2D eigenvalue weighted by atomic mass is 10.1. The maximum atomic E-state index is 12.5. The number of carbonyl (C=O) groups is 2. The van der Waals surface area contributed by atoms with E-state index < -0.39 is 0 Å². The van der Waals surface area contributed by atoms with Crippen LogP contribution >= 0.6 is 0 Å². The molecule has 0 fully saturated rings. The number of rotatable bonds is 5. The molecule has 3 aromatic rings. The van der Waals surface area contributed by atoms with Crippen molar-refractivity contribution in [2.75, 3.05) is 19.5 Å². The minimum atomic E-state index is -0.255. The summed E-state index contributed by atoms with van der Waals surface area (Å²) in [4.78, 5) is 24.2. The van der Waals surface area contributed by atoms with E-state index in [4.69, 9.17) is 4.74 Å². The van der Waals surface area contributed by atoms with Crippen LogP contribution in [0.4, 0.5) is 5.69 Å². The van der Waals surface area contributed by atoms with Crippen LogP contribution in [-0.2, 0) is 0 Å². The Morgan fingerprint density at radius 1 is 0.923 bits per heavy atom. The number of aromatic nitrogens is 1. The average Bonchev–Trinajstić information content (AvgIpc) is 3.22.